The molecule has 0 aliphatic carbocycles. The van der Waals surface area contributed by atoms with Gasteiger partial charge in [0.05, 0.1) is 6.10 Å². The van der Waals surface area contributed by atoms with Crippen LogP contribution in [0.25, 0.3) is 0 Å². The molecule has 0 amide bonds. The number of aliphatic hydroxyl groups excluding tert-OH is 1. The summed E-state index contributed by atoms with van der Waals surface area (Å²) in [7, 11) is 0. The van der Waals surface area contributed by atoms with Gasteiger partial charge in [0.1, 0.15) is 0 Å². The van der Waals surface area contributed by atoms with E-state index in [0.29, 0.717) is 13.0 Å². The number of para-hydroxylation sites is 1. The number of carboxylic acids is 1. The van der Waals surface area contributed by atoms with Crippen molar-refractivity contribution in [3.63, 3.8) is 0 Å². The molecule has 1 saturated heterocycles. The molecule has 0 aromatic heterocycles. The van der Waals surface area contributed by atoms with Crippen molar-refractivity contribution >= 4 is 11.7 Å². The van der Waals surface area contributed by atoms with E-state index in [0.717, 1.165) is 5.69 Å². The van der Waals surface area contributed by atoms with Gasteiger partial charge in [-0.25, -0.2) is 4.79 Å². The summed E-state index contributed by atoms with van der Waals surface area (Å²) in [5, 5.41) is 18.6. The molecule has 0 saturated carbocycles. The highest BCUT2D eigenvalue weighted by Crippen LogP contribution is 2.25. The van der Waals surface area contributed by atoms with Crippen LogP contribution in [0.5, 0.6) is 0 Å². The molecule has 4 nitrogen and oxygen atoms in total. The molecule has 2 unspecified atom stereocenters. The second-order valence-corrected chi connectivity index (χ2v) is 3.67. The molecule has 0 bridgehead atoms. The molecular weight excluding hydrogens is 194 g/mol. The van der Waals surface area contributed by atoms with Crippen molar-refractivity contribution in [1.82, 2.24) is 0 Å². The first-order valence-corrected chi connectivity index (χ1v) is 4.92. The molecular formula is C11H13NO3. The largest absolute Gasteiger partial charge is 0.480 e. The van der Waals surface area contributed by atoms with Crippen LogP contribution < -0.4 is 4.90 Å². The van der Waals surface area contributed by atoms with E-state index >= 15 is 0 Å². The molecule has 2 rings (SSSR count). The van der Waals surface area contributed by atoms with E-state index in [9.17, 15) is 9.90 Å². The van der Waals surface area contributed by atoms with Crippen molar-refractivity contribution in [3.8, 4) is 0 Å². The lowest BCUT2D eigenvalue weighted by atomic mass is 10.1. The van der Waals surface area contributed by atoms with Crippen molar-refractivity contribution in [2.75, 3.05) is 11.4 Å². The van der Waals surface area contributed by atoms with E-state index < -0.39 is 18.1 Å². The molecule has 0 radical (unpaired) electrons. The van der Waals surface area contributed by atoms with Gasteiger partial charge < -0.3 is 15.1 Å². The Balaban J connectivity index is 2.26. The predicted molar refractivity (Wildman–Crippen MR) is 55.8 cm³/mol. The first-order chi connectivity index (χ1) is 7.20. The highest BCUT2D eigenvalue weighted by Gasteiger charge is 2.38. The summed E-state index contributed by atoms with van der Waals surface area (Å²) in [5.74, 6) is -0.969. The van der Waals surface area contributed by atoms with Gasteiger partial charge in [0.15, 0.2) is 6.04 Å². The standard InChI is InChI=1S/C11H13NO3/c13-9-6-7-12(10(9)11(14)15)8-4-2-1-3-5-8/h1-5,9-10,13H,6-7H2,(H,14,15). The number of hydrogen-bond acceptors (Lipinski definition) is 3. The third-order valence-electron chi connectivity index (χ3n) is 2.71. The van der Waals surface area contributed by atoms with Crippen LogP contribution in [0.3, 0.4) is 0 Å². The fraction of sp³-hybridized carbons (Fsp3) is 0.364. The van der Waals surface area contributed by atoms with Gasteiger partial charge >= 0.3 is 5.97 Å². The zero-order valence-corrected chi connectivity index (χ0v) is 8.21. The van der Waals surface area contributed by atoms with Crippen LogP contribution in [0.4, 0.5) is 5.69 Å². The molecule has 2 atom stereocenters. The Morgan fingerprint density at radius 1 is 1.33 bits per heavy atom. The Bertz CT molecular complexity index is 352. The summed E-state index contributed by atoms with van der Waals surface area (Å²) in [6.07, 6.45) is -0.269. The van der Waals surface area contributed by atoms with E-state index in [2.05, 4.69) is 0 Å². The van der Waals surface area contributed by atoms with Gasteiger partial charge in [-0.2, -0.15) is 0 Å². The van der Waals surface area contributed by atoms with Gasteiger partial charge in [0.25, 0.3) is 0 Å². The van der Waals surface area contributed by atoms with Crippen LogP contribution in [0.2, 0.25) is 0 Å². The minimum Gasteiger partial charge on any atom is -0.480 e. The van der Waals surface area contributed by atoms with E-state index in [1.807, 2.05) is 30.3 Å². The lowest BCUT2D eigenvalue weighted by molar-refractivity contribution is -0.140. The monoisotopic (exact) mass is 207 g/mol. The molecule has 1 fully saturated rings. The number of benzene rings is 1. The van der Waals surface area contributed by atoms with Gasteiger partial charge in [0.2, 0.25) is 0 Å². The molecule has 1 heterocycles. The van der Waals surface area contributed by atoms with Crippen LogP contribution in [-0.2, 0) is 4.79 Å². The zero-order valence-electron chi connectivity index (χ0n) is 8.21. The van der Waals surface area contributed by atoms with Crippen molar-refractivity contribution in [2.24, 2.45) is 0 Å². The highest BCUT2D eigenvalue weighted by atomic mass is 16.4. The number of carbonyl (C=O) groups is 1. The second-order valence-electron chi connectivity index (χ2n) is 3.67. The van der Waals surface area contributed by atoms with Crippen molar-refractivity contribution in [3.05, 3.63) is 30.3 Å². The van der Waals surface area contributed by atoms with Gasteiger partial charge in [-0.1, -0.05) is 18.2 Å². The van der Waals surface area contributed by atoms with E-state index in [1.165, 1.54) is 0 Å². The van der Waals surface area contributed by atoms with Gasteiger partial charge in [-0.15, -0.1) is 0 Å². The average molecular weight is 207 g/mol. The van der Waals surface area contributed by atoms with Gasteiger partial charge in [-0.05, 0) is 18.6 Å². The maximum absolute atomic E-state index is 11.0. The molecule has 1 aromatic rings. The smallest absolute Gasteiger partial charge is 0.329 e. The molecule has 1 aliphatic rings. The molecule has 0 spiro atoms. The normalized spacial score (nSPS) is 25.5. The van der Waals surface area contributed by atoms with E-state index in [1.54, 1.807) is 4.90 Å². The zero-order chi connectivity index (χ0) is 10.8. The number of nitrogens with zero attached hydrogens (tertiary/aromatic N) is 1. The van der Waals surface area contributed by atoms with Crippen molar-refractivity contribution in [1.29, 1.82) is 0 Å². The summed E-state index contributed by atoms with van der Waals surface area (Å²) < 4.78 is 0. The summed E-state index contributed by atoms with van der Waals surface area (Å²) in [5.41, 5.74) is 0.849. The van der Waals surface area contributed by atoms with E-state index in [4.69, 9.17) is 5.11 Å². The maximum Gasteiger partial charge on any atom is 0.329 e. The minimum absolute atomic E-state index is 0.506. The third-order valence-corrected chi connectivity index (χ3v) is 2.71. The summed E-state index contributed by atoms with van der Waals surface area (Å²) in [4.78, 5) is 12.7. The van der Waals surface area contributed by atoms with Crippen LogP contribution >= 0.6 is 0 Å². The predicted octanol–water partition coefficient (Wildman–Crippen LogP) is 0.711. The second kappa shape index (κ2) is 3.90. The number of aliphatic carboxylic acids is 1. The number of hydrogen-bond donors (Lipinski definition) is 2. The first kappa shape index (κ1) is 9.98. The van der Waals surface area contributed by atoms with Crippen LogP contribution in [0.15, 0.2) is 30.3 Å². The van der Waals surface area contributed by atoms with Crippen molar-refractivity contribution < 1.29 is 15.0 Å². The fourth-order valence-corrected chi connectivity index (χ4v) is 1.98. The number of rotatable bonds is 2. The summed E-state index contributed by atoms with van der Waals surface area (Å²) >= 11 is 0. The molecule has 1 aliphatic heterocycles. The van der Waals surface area contributed by atoms with Gasteiger partial charge in [0, 0.05) is 12.2 Å². The SMILES string of the molecule is O=C(O)C1C(O)CCN1c1ccccc1. The number of aliphatic hydroxyl groups is 1. The summed E-state index contributed by atoms with van der Waals surface area (Å²) in [6, 6.07) is 8.50. The molecule has 15 heavy (non-hydrogen) atoms. The number of carboxylic acid groups (broad SMARTS) is 1. The molecule has 80 valence electrons. The maximum atomic E-state index is 11.0. The van der Waals surface area contributed by atoms with Crippen LogP contribution in [-0.4, -0.2) is 34.9 Å². The Morgan fingerprint density at radius 3 is 2.60 bits per heavy atom. The first-order valence-electron chi connectivity index (χ1n) is 4.92. The minimum atomic E-state index is -0.969. The van der Waals surface area contributed by atoms with Gasteiger partial charge in [-0.3, -0.25) is 0 Å². The topological polar surface area (TPSA) is 60.8 Å². The number of anilines is 1. The fourth-order valence-electron chi connectivity index (χ4n) is 1.98. The van der Waals surface area contributed by atoms with Crippen molar-refractivity contribution in [2.45, 2.75) is 18.6 Å². The Labute approximate surface area is 87.8 Å². The Kier molecular flexibility index (Phi) is 2.60. The third kappa shape index (κ3) is 1.80. The van der Waals surface area contributed by atoms with Crippen LogP contribution in [0.1, 0.15) is 6.42 Å². The Morgan fingerprint density at radius 2 is 2.00 bits per heavy atom. The molecule has 4 heteroatoms. The molecule has 1 aromatic carbocycles. The van der Waals surface area contributed by atoms with Crippen LogP contribution in [0, 0.1) is 0 Å². The lowest BCUT2D eigenvalue weighted by Gasteiger charge is -2.24. The van der Waals surface area contributed by atoms with E-state index in [-0.39, 0.29) is 0 Å². The average Bonchev–Trinajstić information content (AvgIpc) is 2.61. The Hall–Kier alpha value is -1.55. The highest BCUT2D eigenvalue weighted by molar-refractivity contribution is 5.80. The lowest BCUT2D eigenvalue weighted by Crippen LogP contribution is -2.41. The molecule has 2 N–H and O–H groups in total. The quantitative estimate of drug-likeness (QED) is 0.749. The summed E-state index contributed by atoms with van der Waals surface area (Å²) in [6.45, 7) is 0.585.